The van der Waals surface area contributed by atoms with Crippen LogP contribution < -0.4 is 16.4 Å². The van der Waals surface area contributed by atoms with Gasteiger partial charge in [0.15, 0.2) is 0 Å². The van der Waals surface area contributed by atoms with Crippen LogP contribution >= 0.6 is 0 Å². The lowest BCUT2D eigenvalue weighted by atomic mass is 9.87. The van der Waals surface area contributed by atoms with Crippen LogP contribution in [-0.2, 0) is 16.3 Å². The molecule has 2 unspecified atom stereocenters. The van der Waals surface area contributed by atoms with Crippen molar-refractivity contribution in [3.8, 4) is 0 Å². The lowest BCUT2D eigenvalue weighted by Crippen LogP contribution is -2.45. The first-order valence-corrected chi connectivity index (χ1v) is 12.1. The predicted molar refractivity (Wildman–Crippen MR) is 130 cm³/mol. The van der Waals surface area contributed by atoms with E-state index in [0.717, 1.165) is 41.5 Å². The Balaban J connectivity index is 1.34. The summed E-state index contributed by atoms with van der Waals surface area (Å²) in [5, 5.41) is 7.29. The van der Waals surface area contributed by atoms with Crippen LogP contribution in [-0.4, -0.2) is 46.5 Å². The maximum atomic E-state index is 12.6. The van der Waals surface area contributed by atoms with Crippen LogP contribution in [0.4, 0.5) is 0 Å². The number of nitrogens with one attached hydrogen (secondary N) is 2. The second kappa shape index (κ2) is 9.43. The monoisotopic (exact) mass is 447 g/mol. The molecular weight excluding hydrogens is 414 g/mol. The van der Waals surface area contributed by atoms with Crippen LogP contribution in [0.2, 0.25) is 0 Å². The lowest BCUT2D eigenvalue weighted by Gasteiger charge is -2.36. The molecule has 0 spiro atoms. The number of nitrogens with two attached hydrogens (primary N) is 1. The third-order valence-electron chi connectivity index (χ3n) is 7.30. The summed E-state index contributed by atoms with van der Waals surface area (Å²) in [7, 11) is 0. The van der Waals surface area contributed by atoms with Gasteiger partial charge < -0.3 is 20.5 Å². The van der Waals surface area contributed by atoms with Crippen molar-refractivity contribution in [3.63, 3.8) is 0 Å². The fourth-order valence-electron chi connectivity index (χ4n) is 5.53. The third-order valence-corrected chi connectivity index (χ3v) is 7.30. The number of amides is 2. The number of carbonyl (C=O) groups excluding carboxylic acids is 2. The Bertz CT molecular complexity index is 1100. The molecule has 1 saturated heterocycles. The van der Waals surface area contributed by atoms with E-state index in [-0.39, 0.29) is 17.9 Å². The fourth-order valence-corrected chi connectivity index (χ4v) is 5.53. The molecule has 0 radical (unpaired) electrons. The molecule has 7 nitrogen and oxygen atoms in total. The van der Waals surface area contributed by atoms with Crippen LogP contribution in [0.25, 0.3) is 16.5 Å². The molecule has 1 aromatic carbocycles. The normalized spacial score (nSPS) is 23.7. The average molecular weight is 448 g/mol. The van der Waals surface area contributed by atoms with E-state index in [1.54, 1.807) is 0 Å². The Kier molecular flexibility index (Phi) is 6.22. The number of hydrogen-bond donors (Lipinski definition) is 3. The van der Waals surface area contributed by atoms with Gasteiger partial charge in [-0.1, -0.05) is 31.4 Å². The molecule has 5 rings (SSSR count). The number of hydrogen-bond acceptors (Lipinski definition) is 4. The Morgan fingerprint density at radius 1 is 1.15 bits per heavy atom. The SMILES string of the molecule is NC(=O)C1C(c2ccc3c(ccn3CNC3CCNC3=O)c2)=CC=CN1CC1CCCCC1. The maximum Gasteiger partial charge on any atom is 0.244 e. The predicted octanol–water partition coefficient (Wildman–Crippen LogP) is 2.72. The smallest absolute Gasteiger partial charge is 0.244 e. The molecule has 0 bridgehead atoms. The molecule has 1 aromatic heterocycles. The van der Waals surface area contributed by atoms with Crippen molar-refractivity contribution >= 4 is 28.3 Å². The number of allylic oxidation sites excluding steroid dienone is 2. The molecule has 7 heteroatoms. The molecule has 2 fully saturated rings. The molecule has 2 aromatic rings. The summed E-state index contributed by atoms with van der Waals surface area (Å²) in [5.41, 5.74) is 8.98. The average Bonchev–Trinajstić information content (AvgIpc) is 3.43. The van der Waals surface area contributed by atoms with Gasteiger partial charge in [-0.05, 0) is 60.6 Å². The minimum atomic E-state index is -0.445. The van der Waals surface area contributed by atoms with E-state index in [4.69, 9.17) is 5.73 Å². The fraction of sp³-hybridized carbons (Fsp3) is 0.462. The summed E-state index contributed by atoms with van der Waals surface area (Å²) in [6.45, 7) is 2.18. The van der Waals surface area contributed by atoms with E-state index in [9.17, 15) is 9.59 Å². The quantitative estimate of drug-likeness (QED) is 0.609. The summed E-state index contributed by atoms with van der Waals surface area (Å²) in [6, 6.07) is 7.79. The molecule has 2 atom stereocenters. The van der Waals surface area contributed by atoms with E-state index < -0.39 is 6.04 Å². The van der Waals surface area contributed by atoms with Crippen molar-refractivity contribution < 1.29 is 9.59 Å². The van der Waals surface area contributed by atoms with Crippen molar-refractivity contribution in [3.05, 3.63) is 54.4 Å². The second-order valence-electron chi connectivity index (χ2n) is 9.52. The topological polar surface area (TPSA) is 92.4 Å². The number of nitrogens with zero attached hydrogens (tertiary/aromatic N) is 2. The van der Waals surface area contributed by atoms with Crippen molar-refractivity contribution in [1.29, 1.82) is 0 Å². The number of rotatable bonds is 7. The van der Waals surface area contributed by atoms with Crippen molar-refractivity contribution in [2.45, 2.75) is 57.3 Å². The van der Waals surface area contributed by atoms with Crippen molar-refractivity contribution in [2.75, 3.05) is 13.1 Å². The van der Waals surface area contributed by atoms with E-state index in [1.165, 1.54) is 32.1 Å². The van der Waals surface area contributed by atoms with Gasteiger partial charge >= 0.3 is 0 Å². The first-order valence-electron chi connectivity index (χ1n) is 12.1. The highest BCUT2D eigenvalue weighted by molar-refractivity contribution is 5.97. The minimum Gasteiger partial charge on any atom is -0.368 e. The van der Waals surface area contributed by atoms with Crippen LogP contribution in [0.15, 0.2) is 48.8 Å². The van der Waals surface area contributed by atoms with E-state index in [0.29, 0.717) is 12.6 Å². The van der Waals surface area contributed by atoms with E-state index in [1.807, 2.05) is 24.5 Å². The Labute approximate surface area is 194 Å². The zero-order valence-electron chi connectivity index (χ0n) is 19.0. The molecule has 1 aliphatic carbocycles. The van der Waals surface area contributed by atoms with E-state index >= 15 is 0 Å². The van der Waals surface area contributed by atoms with Gasteiger partial charge in [-0.2, -0.15) is 0 Å². The van der Waals surface area contributed by atoms with Crippen LogP contribution in [0.1, 0.15) is 44.1 Å². The van der Waals surface area contributed by atoms with Gasteiger partial charge in [-0.15, -0.1) is 0 Å². The highest BCUT2D eigenvalue weighted by atomic mass is 16.2. The summed E-state index contributed by atoms with van der Waals surface area (Å²) in [4.78, 5) is 26.5. The number of benzene rings is 1. The second-order valence-corrected chi connectivity index (χ2v) is 9.52. The maximum absolute atomic E-state index is 12.6. The third kappa shape index (κ3) is 4.55. The molecule has 2 amide bonds. The molecule has 2 aliphatic heterocycles. The van der Waals surface area contributed by atoms with Crippen molar-refractivity contribution in [2.24, 2.45) is 11.7 Å². The Morgan fingerprint density at radius 2 is 2.00 bits per heavy atom. The molecule has 3 aliphatic rings. The number of fused-ring (bicyclic) bond motifs is 1. The Hall–Kier alpha value is -3.06. The number of aromatic nitrogens is 1. The van der Waals surface area contributed by atoms with Gasteiger partial charge in [0.25, 0.3) is 0 Å². The molecule has 4 N–H and O–H groups in total. The summed E-state index contributed by atoms with van der Waals surface area (Å²) in [6.07, 6.45) is 15.2. The minimum absolute atomic E-state index is 0.0707. The van der Waals surface area contributed by atoms with Crippen molar-refractivity contribution in [1.82, 2.24) is 20.1 Å². The lowest BCUT2D eigenvalue weighted by molar-refractivity contribution is -0.121. The summed E-state index contributed by atoms with van der Waals surface area (Å²) < 4.78 is 2.11. The van der Waals surface area contributed by atoms with Gasteiger partial charge in [0.2, 0.25) is 11.8 Å². The molecule has 174 valence electrons. The van der Waals surface area contributed by atoms with E-state index in [2.05, 4.69) is 44.4 Å². The van der Waals surface area contributed by atoms with Gasteiger partial charge in [0.05, 0.1) is 12.7 Å². The van der Waals surface area contributed by atoms with Gasteiger partial charge in [-0.25, -0.2) is 0 Å². The van der Waals surface area contributed by atoms with Crippen LogP contribution in [0.5, 0.6) is 0 Å². The number of primary amides is 1. The van der Waals surface area contributed by atoms with Crippen LogP contribution in [0, 0.1) is 5.92 Å². The zero-order valence-corrected chi connectivity index (χ0v) is 19.0. The molecule has 1 saturated carbocycles. The van der Waals surface area contributed by atoms with Gasteiger partial charge in [0.1, 0.15) is 6.04 Å². The highest BCUT2D eigenvalue weighted by Gasteiger charge is 2.30. The first kappa shape index (κ1) is 21.8. The zero-order chi connectivity index (χ0) is 22.8. The highest BCUT2D eigenvalue weighted by Crippen LogP contribution is 2.32. The molecule has 33 heavy (non-hydrogen) atoms. The van der Waals surface area contributed by atoms with Crippen LogP contribution in [0.3, 0.4) is 0 Å². The summed E-state index contributed by atoms with van der Waals surface area (Å²) in [5.74, 6) is 0.384. The van der Waals surface area contributed by atoms with Gasteiger partial charge in [-0.3, -0.25) is 14.9 Å². The number of carbonyl (C=O) groups is 2. The largest absolute Gasteiger partial charge is 0.368 e. The first-order chi connectivity index (χ1) is 16.1. The standard InChI is InChI=1S/C26H33N5O2/c27-25(32)24-21(7-4-13-30(24)16-18-5-2-1-3-6-18)19-8-9-23-20(15-19)11-14-31(23)17-29-22-10-12-28-26(22)33/h4,7-9,11,13-15,18,22,24,29H,1-3,5-6,10,12,16-17H2,(H2,27,32)(H,28,33). The summed E-state index contributed by atoms with van der Waals surface area (Å²) >= 11 is 0. The molecule has 3 heterocycles. The van der Waals surface area contributed by atoms with Gasteiger partial charge in [0, 0.05) is 36.4 Å². The Morgan fingerprint density at radius 3 is 2.76 bits per heavy atom. The molecular formula is C26H33N5O2.